The molecule has 140 valence electrons. The van der Waals surface area contributed by atoms with Crippen LogP contribution < -0.4 is 10.0 Å². The average Bonchev–Trinajstić information content (AvgIpc) is 2.65. The van der Waals surface area contributed by atoms with Gasteiger partial charge in [-0.2, -0.15) is 0 Å². The van der Waals surface area contributed by atoms with E-state index in [9.17, 15) is 13.2 Å². The molecule has 0 saturated carbocycles. The summed E-state index contributed by atoms with van der Waals surface area (Å²) in [7, 11) is -3.67. The minimum atomic E-state index is -3.67. The largest absolute Gasteiger partial charge is 0.326 e. The Morgan fingerprint density at radius 3 is 2.44 bits per heavy atom. The summed E-state index contributed by atoms with van der Waals surface area (Å²) in [5, 5.41) is 4.66. The number of carbonyl (C=O) groups excluding carboxylic acids is 1. The van der Waals surface area contributed by atoms with Crippen molar-refractivity contribution in [1.82, 2.24) is 4.72 Å². The van der Waals surface area contributed by atoms with Gasteiger partial charge in [0, 0.05) is 18.7 Å². The maximum Gasteiger partial charge on any atom is 0.240 e. The Kier molecular flexibility index (Phi) is 5.58. The molecule has 0 aliphatic rings. The van der Waals surface area contributed by atoms with Gasteiger partial charge in [0.05, 0.1) is 4.90 Å². The van der Waals surface area contributed by atoms with Crippen LogP contribution in [0, 0.1) is 13.8 Å². The Morgan fingerprint density at radius 1 is 0.926 bits per heavy atom. The standard InChI is InChI=1S/C21H22N2O3S/c1-15-6-5-9-20(16(15)2)23-21(24)12-13-22-27(25,26)19-11-10-17-7-3-4-8-18(17)14-19/h3-11,14,22H,12-13H2,1-2H3,(H,23,24). The molecule has 0 unspecified atom stereocenters. The van der Waals surface area contributed by atoms with Crippen molar-refractivity contribution in [2.24, 2.45) is 0 Å². The van der Waals surface area contributed by atoms with Crippen LogP contribution in [0.25, 0.3) is 10.8 Å². The van der Waals surface area contributed by atoms with Gasteiger partial charge in [0.2, 0.25) is 15.9 Å². The smallest absolute Gasteiger partial charge is 0.240 e. The van der Waals surface area contributed by atoms with E-state index in [1.165, 1.54) is 0 Å². The van der Waals surface area contributed by atoms with Crippen molar-refractivity contribution in [3.63, 3.8) is 0 Å². The summed E-state index contributed by atoms with van der Waals surface area (Å²) in [4.78, 5) is 12.3. The number of nitrogens with one attached hydrogen (secondary N) is 2. The highest BCUT2D eigenvalue weighted by molar-refractivity contribution is 7.89. The third-order valence-corrected chi connectivity index (χ3v) is 6.01. The molecule has 0 heterocycles. The van der Waals surface area contributed by atoms with E-state index in [2.05, 4.69) is 10.0 Å². The highest BCUT2D eigenvalue weighted by atomic mass is 32.2. The lowest BCUT2D eigenvalue weighted by molar-refractivity contribution is -0.116. The molecule has 3 aromatic rings. The molecule has 0 radical (unpaired) electrons. The molecule has 3 aromatic carbocycles. The van der Waals surface area contributed by atoms with E-state index < -0.39 is 10.0 Å². The highest BCUT2D eigenvalue weighted by Crippen LogP contribution is 2.19. The Labute approximate surface area is 159 Å². The first-order valence-electron chi connectivity index (χ1n) is 8.71. The summed E-state index contributed by atoms with van der Waals surface area (Å²) >= 11 is 0. The maximum atomic E-state index is 12.5. The second-order valence-electron chi connectivity index (χ2n) is 6.45. The van der Waals surface area contributed by atoms with Gasteiger partial charge in [0.1, 0.15) is 0 Å². The van der Waals surface area contributed by atoms with Crippen molar-refractivity contribution in [1.29, 1.82) is 0 Å². The van der Waals surface area contributed by atoms with Crippen LogP contribution in [0.1, 0.15) is 17.5 Å². The number of hydrogen-bond donors (Lipinski definition) is 2. The van der Waals surface area contributed by atoms with E-state index in [0.717, 1.165) is 27.6 Å². The van der Waals surface area contributed by atoms with Crippen LogP contribution in [-0.4, -0.2) is 20.9 Å². The van der Waals surface area contributed by atoms with E-state index in [0.29, 0.717) is 0 Å². The summed E-state index contributed by atoms with van der Waals surface area (Å²) in [6, 6.07) is 18.2. The Balaban J connectivity index is 1.61. The number of rotatable bonds is 6. The molecular formula is C21H22N2O3S. The van der Waals surface area contributed by atoms with Crippen LogP contribution >= 0.6 is 0 Å². The van der Waals surface area contributed by atoms with Crippen molar-refractivity contribution in [2.45, 2.75) is 25.2 Å². The molecule has 2 N–H and O–H groups in total. The van der Waals surface area contributed by atoms with Crippen molar-refractivity contribution in [3.8, 4) is 0 Å². The predicted molar refractivity (Wildman–Crippen MR) is 108 cm³/mol. The van der Waals surface area contributed by atoms with Crippen LogP contribution in [0.15, 0.2) is 65.6 Å². The van der Waals surface area contributed by atoms with Crippen LogP contribution in [0.4, 0.5) is 5.69 Å². The number of fused-ring (bicyclic) bond motifs is 1. The fourth-order valence-corrected chi connectivity index (χ4v) is 3.88. The Morgan fingerprint density at radius 2 is 1.67 bits per heavy atom. The van der Waals surface area contributed by atoms with Gasteiger partial charge in [0.25, 0.3) is 0 Å². The summed E-state index contributed by atoms with van der Waals surface area (Å²) in [5.41, 5.74) is 2.84. The number of aryl methyl sites for hydroxylation is 1. The number of anilines is 1. The Bertz CT molecular complexity index is 1090. The first-order chi connectivity index (χ1) is 12.9. The van der Waals surface area contributed by atoms with Gasteiger partial charge in [-0.3, -0.25) is 4.79 Å². The van der Waals surface area contributed by atoms with Crippen molar-refractivity contribution >= 4 is 32.4 Å². The van der Waals surface area contributed by atoms with E-state index in [4.69, 9.17) is 0 Å². The quantitative estimate of drug-likeness (QED) is 0.681. The molecule has 0 atom stereocenters. The van der Waals surface area contributed by atoms with Crippen LogP contribution in [0.5, 0.6) is 0 Å². The van der Waals surface area contributed by atoms with Crippen LogP contribution in [-0.2, 0) is 14.8 Å². The SMILES string of the molecule is Cc1cccc(NC(=O)CCNS(=O)(=O)c2ccc3ccccc3c2)c1C. The fourth-order valence-electron chi connectivity index (χ4n) is 2.82. The van der Waals surface area contributed by atoms with Gasteiger partial charge in [-0.25, -0.2) is 13.1 Å². The van der Waals surface area contributed by atoms with E-state index in [1.807, 2.05) is 56.3 Å². The molecular weight excluding hydrogens is 360 g/mol. The van der Waals surface area contributed by atoms with Gasteiger partial charge in [-0.15, -0.1) is 0 Å². The van der Waals surface area contributed by atoms with Crippen molar-refractivity contribution < 1.29 is 13.2 Å². The van der Waals surface area contributed by atoms with Crippen molar-refractivity contribution in [3.05, 3.63) is 71.8 Å². The number of hydrogen-bond acceptors (Lipinski definition) is 3. The van der Waals surface area contributed by atoms with Gasteiger partial charge in [-0.1, -0.05) is 42.5 Å². The van der Waals surface area contributed by atoms with Gasteiger partial charge < -0.3 is 5.32 Å². The summed E-state index contributed by atoms with van der Waals surface area (Å²) in [6.45, 7) is 3.95. The lowest BCUT2D eigenvalue weighted by atomic mass is 10.1. The summed E-state index contributed by atoms with van der Waals surface area (Å²) < 4.78 is 27.4. The second-order valence-corrected chi connectivity index (χ2v) is 8.22. The molecule has 0 aromatic heterocycles. The zero-order valence-corrected chi connectivity index (χ0v) is 16.1. The van der Waals surface area contributed by atoms with E-state index in [-0.39, 0.29) is 23.8 Å². The molecule has 0 aliphatic heterocycles. The molecule has 1 amide bonds. The third kappa shape index (κ3) is 4.53. The first-order valence-corrected chi connectivity index (χ1v) is 10.2. The zero-order chi connectivity index (χ0) is 19.4. The highest BCUT2D eigenvalue weighted by Gasteiger charge is 2.15. The normalized spacial score (nSPS) is 11.5. The molecule has 0 spiro atoms. The molecule has 27 heavy (non-hydrogen) atoms. The van der Waals surface area contributed by atoms with E-state index >= 15 is 0 Å². The predicted octanol–water partition coefficient (Wildman–Crippen LogP) is 3.76. The molecule has 3 rings (SSSR count). The molecule has 0 saturated heterocycles. The zero-order valence-electron chi connectivity index (χ0n) is 15.3. The average molecular weight is 382 g/mol. The lowest BCUT2D eigenvalue weighted by Crippen LogP contribution is -2.28. The maximum absolute atomic E-state index is 12.5. The molecule has 6 heteroatoms. The fraction of sp³-hybridized carbons (Fsp3) is 0.190. The monoisotopic (exact) mass is 382 g/mol. The first kappa shape index (κ1) is 19.1. The number of benzene rings is 3. The third-order valence-electron chi connectivity index (χ3n) is 4.55. The van der Waals surface area contributed by atoms with E-state index in [1.54, 1.807) is 18.2 Å². The minimum Gasteiger partial charge on any atom is -0.326 e. The van der Waals surface area contributed by atoms with Crippen molar-refractivity contribution in [2.75, 3.05) is 11.9 Å². The minimum absolute atomic E-state index is 0.0336. The molecule has 0 aliphatic carbocycles. The van der Waals surface area contributed by atoms with Gasteiger partial charge >= 0.3 is 0 Å². The van der Waals surface area contributed by atoms with Gasteiger partial charge in [-0.05, 0) is 53.9 Å². The van der Waals surface area contributed by atoms with Crippen LogP contribution in [0.2, 0.25) is 0 Å². The lowest BCUT2D eigenvalue weighted by Gasteiger charge is -2.11. The van der Waals surface area contributed by atoms with Gasteiger partial charge in [0.15, 0.2) is 0 Å². The summed E-state index contributed by atoms with van der Waals surface area (Å²) in [6.07, 6.45) is 0.0557. The second kappa shape index (κ2) is 7.90. The molecule has 0 bridgehead atoms. The number of sulfonamides is 1. The van der Waals surface area contributed by atoms with Crippen LogP contribution in [0.3, 0.4) is 0 Å². The topological polar surface area (TPSA) is 75.3 Å². The Hall–Kier alpha value is -2.70. The molecule has 5 nitrogen and oxygen atoms in total. The number of carbonyl (C=O) groups is 1. The summed E-state index contributed by atoms with van der Waals surface area (Å²) in [5.74, 6) is -0.232. The number of amides is 1. The molecule has 0 fully saturated rings.